The molecule has 13 heteroatoms. The molecule has 4 fully saturated rings. The van der Waals surface area contributed by atoms with Crippen molar-refractivity contribution >= 4 is 75.9 Å². The monoisotopic (exact) mass is 999 g/mol. The van der Waals surface area contributed by atoms with Gasteiger partial charge in [-0.15, -0.1) is 18.3 Å². The normalized spacial score (nSPS) is 38.2. The molecule has 364 valence electrons. The molecular weight excluding hydrogens is 912 g/mol. The van der Waals surface area contributed by atoms with Crippen LogP contribution in [-0.2, 0) is 16.7 Å². The third-order valence-electron chi connectivity index (χ3n) is 19.2. The van der Waals surface area contributed by atoms with Gasteiger partial charge in [0.15, 0.2) is 0 Å². The lowest BCUT2D eigenvalue weighted by Crippen LogP contribution is -2.52. The molecule has 5 nitrogen and oxygen atoms in total. The molecule has 0 aromatic rings. The number of rotatable bonds is 20. The van der Waals surface area contributed by atoms with E-state index in [1.807, 2.05) is 13.8 Å². The molecule has 4 radical (unpaired) electrons. The smallest absolute Gasteiger partial charge is 0.209 e. The lowest BCUT2D eigenvalue weighted by atomic mass is 9.49. The molecule has 0 amide bonds. The van der Waals surface area contributed by atoms with Gasteiger partial charge in [0.1, 0.15) is 5.60 Å². The zero-order valence-electron chi connectivity index (χ0n) is 46.2. The Morgan fingerprint density at radius 1 is 0.706 bits per heavy atom. The highest BCUT2D eigenvalue weighted by Gasteiger charge is 2.60. The van der Waals surface area contributed by atoms with Crippen LogP contribution in [0.1, 0.15) is 158 Å². The van der Waals surface area contributed by atoms with Crippen molar-refractivity contribution in [2.75, 3.05) is 0 Å². The summed E-state index contributed by atoms with van der Waals surface area (Å²) >= 11 is 4.43. The molecule has 0 saturated heterocycles. The molecule has 1 N–H and O–H groups in total. The van der Waals surface area contributed by atoms with Gasteiger partial charge in [0.2, 0.25) is 28.4 Å². The topological polar surface area (TPSA) is 57.2 Å². The predicted molar refractivity (Wildman–Crippen MR) is 298 cm³/mol. The lowest BCUT2D eigenvalue weighted by Gasteiger charge is -2.57. The zero-order chi connectivity index (χ0) is 51.9. The first-order valence-electron chi connectivity index (χ1n) is 27.8. The molecule has 8 aliphatic rings. The predicted octanol–water partition coefficient (Wildman–Crippen LogP) is 12.4. The van der Waals surface area contributed by atoms with Gasteiger partial charge in [-0.1, -0.05) is 179 Å². The van der Waals surface area contributed by atoms with Crippen LogP contribution < -0.4 is 0 Å². The van der Waals surface area contributed by atoms with Gasteiger partial charge >= 0.3 is 0 Å². The van der Waals surface area contributed by atoms with E-state index in [2.05, 4.69) is 95.8 Å². The molecule has 0 aliphatic heterocycles. The summed E-state index contributed by atoms with van der Waals surface area (Å²) < 4.78 is 54.0. The third-order valence-corrected chi connectivity index (χ3v) is 20.6. The molecule has 0 heterocycles. The van der Waals surface area contributed by atoms with Gasteiger partial charge in [0.05, 0.1) is 24.4 Å². The largest absolute Gasteiger partial charge is 0.378 e. The van der Waals surface area contributed by atoms with Gasteiger partial charge in [-0.3, -0.25) is 0 Å². The standard InChI is InChI=1S/C30H44B2O3S2.C25H34B2O2S2/c1-6-30(33,7-2)16-9-8-10-20(3)24-13-14-25-23-12-11-21-18-22(34-36-31)19-27(35-37-32)29(21,5)26(23)15-17-28(24,25)4;1-5-6-7-16(2)20-10-11-21-19-9-8-17-14-18(28-30-26)15-23(29-31-27)25(17,4)22(19)12-13-24(20,21)3/h11-13,20,22,25-27,31-33H,6-8,10,14-15,17-19H2,1-5H3;1,8-10,16,18,21-23,26-27H,6-7,11-15H2,2-4H3/t20-,22+,25?,26?,27-,28+,29-;16-,18+,21?,22?,23-,24+,25-/m00/s1/i31T,32T;26T,27T. The van der Waals surface area contributed by atoms with Crippen LogP contribution >= 0.6 is 47.6 Å². The summed E-state index contributed by atoms with van der Waals surface area (Å²) in [6, 6.07) is 0. The second kappa shape index (κ2) is 23.1. The van der Waals surface area contributed by atoms with E-state index in [0.29, 0.717) is 48.3 Å². The summed E-state index contributed by atoms with van der Waals surface area (Å²) in [5, 5.41) is 10.5. The van der Waals surface area contributed by atoms with Crippen molar-refractivity contribution in [3.63, 3.8) is 0 Å². The van der Waals surface area contributed by atoms with Crippen LogP contribution in [0.5, 0.6) is 0 Å². The Morgan fingerprint density at radius 2 is 1.15 bits per heavy atom. The Hall–Kier alpha value is -0.980. The summed E-state index contributed by atoms with van der Waals surface area (Å²) in [5.74, 6) is 12.2. The van der Waals surface area contributed by atoms with Crippen molar-refractivity contribution in [2.45, 2.75) is 188 Å². The molecule has 0 aromatic heterocycles. The maximum absolute atomic E-state index is 10.5. The van der Waals surface area contributed by atoms with Crippen LogP contribution in [0.4, 0.5) is 0 Å². The Kier molecular flexibility index (Phi) is 16.7. The third kappa shape index (κ3) is 10.3. The number of allylic oxidation sites excluding steroid dienone is 10. The van der Waals surface area contributed by atoms with Crippen molar-refractivity contribution in [3.8, 4) is 24.2 Å². The molecule has 0 spiro atoms. The van der Waals surface area contributed by atoms with Crippen molar-refractivity contribution < 1.29 is 21.8 Å². The van der Waals surface area contributed by atoms with E-state index >= 15 is 0 Å². The van der Waals surface area contributed by atoms with Crippen LogP contribution in [0.25, 0.3) is 0 Å². The summed E-state index contributed by atoms with van der Waals surface area (Å²) in [4.78, 5) is 0. The quantitative estimate of drug-likeness (QED) is 0.0556. The number of hydrogen-bond donors (Lipinski definition) is 1. The maximum atomic E-state index is 10.5. The fourth-order valence-corrected chi connectivity index (χ4v) is 16.5. The van der Waals surface area contributed by atoms with Crippen LogP contribution in [0.15, 0.2) is 69.9 Å². The van der Waals surface area contributed by atoms with E-state index in [9.17, 15) is 5.11 Å². The molecule has 8 aliphatic carbocycles. The molecule has 68 heavy (non-hydrogen) atoms. The molecule has 4 saturated carbocycles. The number of hydrogen-bond acceptors (Lipinski definition) is 9. The lowest BCUT2D eigenvalue weighted by molar-refractivity contribution is -0.0153. The van der Waals surface area contributed by atoms with Gasteiger partial charge in [-0.05, 0) is 129 Å². The minimum absolute atomic E-state index is 0.00501. The summed E-state index contributed by atoms with van der Waals surface area (Å²) in [5.41, 5.74) is 8.51. The minimum atomic E-state index is -0.843. The van der Waals surface area contributed by atoms with Crippen molar-refractivity contribution in [2.24, 2.45) is 57.2 Å². The minimum Gasteiger partial charge on any atom is -0.378 e. The van der Waals surface area contributed by atoms with Gasteiger partial charge in [0, 0.05) is 36.5 Å². The molecule has 4 unspecified atom stereocenters. The van der Waals surface area contributed by atoms with Gasteiger partial charge in [0.25, 0.3) is 0 Å². The second-order valence-corrected chi connectivity index (χ2v) is 23.7. The van der Waals surface area contributed by atoms with Crippen LogP contribution in [-0.4, -0.2) is 68.8 Å². The van der Waals surface area contributed by atoms with Crippen LogP contribution in [0, 0.1) is 81.4 Å². The maximum Gasteiger partial charge on any atom is 0.209 e. The van der Waals surface area contributed by atoms with E-state index in [0.717, 1.165) is 125 Å². The van der Waals surface area contributed by atoms with Crippen LogP contribution in [0.3, 0.4) is 0 Å². The first-order valence-corrected chi connectivity index (χ1v) is 28.8. The van der Waals surface area contributed by atoms with Crippen molar-refractivity contribution in [1.29, 1.82) is 5.34 Å². The van der Waals surface area contributed by atoms with Crippen molar-refractivity contribution in [3.05, 3.63) is 69.9 Å². The molecular formula is C55H78B4O5S4. The van der Waals surface area contributed by atoms with Gasteiger partial charge in [-0.25, -0.2) is 0 Å². The fourth-order valence-electron chi connectivity index (χ4n) is 15.0. The van der Waals surface area contributed by atoms with E-state index in [1.165, 1.54) is 52.3 Å². The number of fused-ring (bicyclic) bond motifs is 10. The van der Waals surface area contributed by atoms with E-state index < -0.39 is 5.60 Å². The highest BCUT2D eigenvalue weighted by molar-refractivity contribution is 8.16. The second-order valence-electron chi connectivity index (χ2n) is 22.2. The average Bonchev–Trinajstić information content (AvgIpc) is 3.93. The SMILES string of the molecule is [3H][B]SO[C@@H]1CC2=CC=C3C(CC[C@]4(C)C([C@@H](C)CCC#C)=CCC34)[C@@]2(C)[C@@H](OS[B][3H])C1.[3H][B]SO[C@@H]1CC2=CC=C3C(CC[C@]4(C)C([C@@H](C)CCC#CC(O)(CC)CC)=CCC34)[C@@]2(C)[C@@H](OS[B][3H])C1. The van der Waals surface area contributed by atoms with E-state index in [1.54, 1.807) is 22.3 Å². The Bertz CT molecular complexity index is 2210. The fraction of sp³-hybridized carbons (Fsp3) is 0.709. The number of aliphatic hydroxyl groups is 1. The van der Waals surface area contributed by atoms with E-state index in [4.69, 9.17) is 28.5 Å². The molecule has 14 atom stereocenters. The molecule has 0 aromatic carbocycles. The highest BCUT2D eigenvalue weighted by Crippen LogP contribution is 2.67. The van der Waals surface area contributed by atoms with Crippen LogP contribution in [0.2, 0.25) is 0 Å². The Labute approximate surface area is 439 Å². The highest BCUT2D eigenvalue weighted by atomic mass is 32.2. The Balaban J connectivity index is 0.000000214. The first-order chi connectivity index (χ1) is 34.6. The van der Waals surface area contributed by atoms with Crippen molar-refractivity contribution in [1.82, 2.24) is 0 Å². The first kappa shape index (κ1) is 49.2. The molecule has 0 bridgehead atoms. The van der Waals surface area contributed by atoms with E-state index in [-0.39, 0.29) is 46.1 Å². The zero-order valence-corrected chi connectivity index (χ0v) is 45.4. The summed E-state index contributed by atoms with van der Waals surface area (Å²) in [6.45, 7) is 18.4. The molecule has 8 rings (SSSR count). The average molecular weight is 999 g/mol. The van der Waals surface area contributed by atoms with Gasteiger partial charge in [-0.2, -0.15) is 0 Å². The summed E-state index contributed by atoms with van der Waals surface area (Å²) in [6.07, 6.45) is 35.3. The Morgan fingerprint density at radius 3 is 1.57 bits per heavy atom. The summed E-state index contributed by atoms with van der Waals surface area (Å²) in [7, 11) is 5.01. The van der Waals surface area contributed by atoms with Gasteiger partial charge < -0.3 is 21.8 Å². The number of terminal acetylenes is 1.